The van der Waals surface area contributed by atoms with E-state index in [1.54, 1.807) is 34.7 Å². The van der Waals surface area contributed by atoms with E-state index in [2.05, 4.69) is 25.6 Å². The zero-order chi connectivity index (χ0) is 25.1. The van der Waals surface area contributed by atoms with Crippen LogP contribution in [0.25, 0.3) is 32.9 Å². The fourth-order valence-electron chi connectivity index (χ4n) is 3.96. The Morgan fingerprint density at radius 1 is 1.06 bits per heavy atom. The van der Waals surface area contributed by atoms with Gasteiger partial charge in [0.15, 0.2) is 0 Å². The number of rotatable bonds is 8. The maximum absolute atomic E-state index is 15.1. The molecule has 0 aliphatic carbocycles. The molecule has 2 aromatic carbocycles. The van der Waals surface area contributed by atoms with Crippen molar-refractivity contribution in [3.63, 3.8) is 0 Å². The minimum Gasteiger partial charge on any atom is -0.468 e. The van der Waals surface area contributed by atoms with Crippen LogP contribution in [0, 0.1) is 5.82 Å². The third-order valence-electron chi connectivity index (χ3n) is 5.71. The minimum absolute atomic E-state index is 0.131. The second kappa shape index (κ2) is 9.92. The summed E-state index contributed by atoms with van der Waals surface area (Å²) in [6, 6.07) is 8.68. The molecule has 11 heteroatoms. The van der Waals surface area contributed by atoms with Crippen molar-refractivity contribution in [1.29, 1.82) is 0 Å². The van der Waals surface area contributed by atoms with Crippen LogP contribution < -0.4 is 10.6 Å². The smallest absolute Gasteiger partial charge is 0.325 e. The van der Waals surface area contributed by atoms with Gasteiger partial charge in [-0.05, 0) is 30.2 Å². The first-order chi connectivity index (χ1) is 16.8. The van der Waals surface area contributed by atoms with E-state index in [4.69, 9.17) is 0 Å². The van der Waals surface area contributed by atoms with Crippen LogP contribution in [0.3, 0.4) is 0 Å². The number of carbonyl (C=O) groups excluding carboxylic acids is 3. The molecule has 0 saturated carbocycles. The maximum Gasteiger partial charge on any atom is 0.325 e. The Balaban J connectivity index is 1.60. The van der Waals surface area contributed by atoms with Crippen molar-refractivity contribution in [3.8, 4) is 11.1 Å². The molecule has 0 aliphatic heterocycles. The number of fused-ring (bicyclic) bond motifs is 2. The van der Waals surface area contributed by atoms with Crippen LogP contribution in [-0.2, 0) is 39.1 Å². The number of hydrogen-bond donors (Lipinski definition) is 2. The number of nitrogens with zero attached hydrogens (tertiary/aromatic N) is 4. The van der Waals surface area contributed by atoms with Crippen molar-refractivity contribution in [2.75, 3.05) is 20.2 Å². The molecular formula is C24H25FN6O4. The molecule has 0 unspecified atom stereocenters. The largest absolute Gasteiger partial charge is 0.468 e. The van der Waals surface area contributed by atoms with E-state index in [0.29, 0.717) is 28.5 Å². The van der Waals surface area contributed by atoms with Crippen LogP contribution in [0.5, 0.6) is 0 Å². The van der Waals surface area contributed by atoms with Gasteiger partial charge in [-0.25, -0.2) is 4.39 Å². The van der Waals surface area contributed by atoms with Crippen molar-refractivity contribution in [2.45, 2.75) is 19.9 Å². The lowest BCUT2D eigenvalue weighted by Crippen LogP contribution is -2.40. The Morgan fingerprint density at radius 3 is 2.57 bits per heavy atom. The molecule has 2 N–H and O–H groups in total. The van der Waals surface area contributed by atoms with Crippen LogP contribution in [0.2, 0.25) is 0 Å². The standard InChI is InChI=1S/C24H25FN6O4/c1-4-18-24-15(16-9-20-14(8-17(16)25)10-28-30(20)2)6-5-7-19(24)31(29-18)13-22(33)26-11-21(32)27-12-23(34)35-3/h5-10H,4,11-13H2,1-3H3,(H,26,33)(H,27,32). The zero-order valence-corrected chi connectivity index (χ0v) is 19.6. The molecule has 0 fully saturated rings. The fraction of sp³-hybridized carbons (Fsp3) is 0.292. The first kappa shape index (κ1) is 23.9. The summed E-state index contributed by atoms with van der Waals surface area (Å²) >= 11 is 0. The van der Waals surface area contributed by atoms with Crippen molar-refractivity contribution >= 4 is 39.6 Å². The molecular weight excluding hydrogens is 455 g/mol. The number of nitrogens with one attached hydrogen (secondary N) is 2. The molecule has 182 valence electrons. The Morgan fingerprint density at radius 2 is 1.83 bits per heavy atom. The average molecular weight is 481 g/mol. The molecule has 0 bridgehead atoms. The van der Waals surface area contributed by atoms with Gasteiger partial charge in [-0.15, -0.1) is 0 Å². The van der Waals surface area contributed by atoms with Crippen LogP contribution in [0.4, 0.5) is 4.39 Å². The van der Waals surface area contributed by atoms with Crippen molar-refractivity contribution in [1.82, 2.24) is 30.2 Å². The summed E-state index contributed by atoms with van der Waals surface area (Å²) in [5.41, 5.74) is 3.30. The summed E-state index contributed by atoms with van der Waals surface area (Å²) in [5.74, 6) is -1.91. The first-order valence-corrected chi connectivity index (χ1v) is 11.0. The molecule has 2 aromatic heterocycles. The SMILES string of the molecule is CCc1nn(CC(=O)NCC(=O)NCC(=O)OC)c2cccc(-c3cc4c(cnn4C)cc3F)c12. The summed E-state index contributed by atoms with van der Waals surface area (Å²) in [6.07, 6.45) is 2.19. The highest BCUT2D eigenvalue weighted by Crippen LogP contribution is 2.35. The van der Waals surface area contributed by atoms with Crippen molar-refractivity contribution < 1.29 is 23.5 Å². The predicted molar refractivity (Wildman–Crippen MR) is 127 cm³/mol. The normalized spacial score (nSPS) is 11.1. The second-order valence-electron chi connectivity index (χ2n) is 7.95. The van der Waals surface area contributed by atoms with E-state index in [9.17, 15) is 14.4 Å². The quantitative estimate of drug-likeness (QED) is 0.371. The van der Waals surface area contributed by atoms with Gasteiger partial charge in [-0.2, -0.15) is 10.2 Å². The number of carbonyl (C=O) groups is 3. The van der Waals surface area contributed by atoms with Crippen LogP contribution >= 0.6 is 0 Å². The summed E-state index contributed by atoms with van der Waals surface area (Å²) < 4.78 is 22.8. The predicted octanol–water partition coefficient (Wildman–Crippen LogP) is 1.70. The van der Waals surface area contributed by atoms with Crippen LogP contribution in [-0.4, -0.2) is 57.5 Å². The fourth-order valence-corrected chi connectivity index (χ4v) is 3.96. The zero-order valence-electron chi connectivity index (χ0n) is 19.6. The molecule has 0 atom stereocenters. The molecule has 0 radical (unpaired) electrons. The first-order valence-electron chi connectivity index (χ1n) is 11.0. The summed E-state index contributed by atoms with van der Waals surface area (Å²) in [7, 11) is 3.01. The number of esters is 1. The van der Waals surface area contributed by atoms with Gasteiger partial charge in [0.2, 0.25) is 11.8 Å². The number of aromatic nitrogens is 4. The molecule has 35 heavy (non-hydrogen) atoms. The maximum atomic E-state index is 15.1. The van der Waals surface area contributed by atoms with Gasteiger partial charge in [0.25, 0.3) is 0 Å². The number of amides is 2. The van der Waals surface area contributed by atoms with Crippen molar-refractivity contribution in [2.24, 2.45) is 7.05 Å². The van der Waals surface area contributed by atoms with Gasteiger partial charge in [0.05, 0.1) is 36.6 Å². The van der Waals surface area contributed by atoms with E-state index >= 15 is 4.39 Å². The number of hydrogen-bond acceptors (Lipinski definition) is 6. The second-order valence-corrected chi connectivity index (χ2v) is 7.95. The van der Waals surface area contributed by atoms with Gasteiger partial charge in [0, 0.05) is 23.4 Å². The van der Waals surface area contributed by atoms with Gasteiger partial charge < -0.3 is 15.4 Å². The van der Waals surface area contributed by atoms with E-state index in [0.717, 1.165) is 16.6 Å². The highest BCUT2D eigenvalue weighted by Gasteiger charge is 2.19. The van der Waals surface area contributed by atoms with Crippen molar-refractivity contribution in [3.05, 3.63) is 48.0 Å². The van der Waals surface area contributed by atoms with Gasteiger partial charge in [-0.1, -0.05) is 19.1 Å². The van der Waals surface area contributed by atoms with Gasteiger partial charge >= 0.3 is 5.97 Å². The number of benzene rings is 2. The molecule has 0 spiro atoms. The average Bonchev–Trinajstić information content (AvgIpc) is 3.40. The summed E-state index contributed by atoms with van der Waals surface area (Å²) in [6.45, 7) is 1.23. The molecule has 0 aliphatic rings. The summed E-state index contributed by atoms with van der Waals surface area (Å²) in [4.78, 5) is 35.4. The lowest BCUT2D eigenvalue weighted by molar-refractivity contribution is -0.141. The minimum atomic E-state index is -0.588. The third-order valence-corrected chi connectivity index (χ3v) is 5.71. The number of methoxy groups -OCH3 is 1. The highest BCUT2D eigenvalue weighted by molar-refractivity contribution is 5.99. The van der Waals surface area contributed by atoms with E-state index in [1.807, 2.05) is 19.1 Å². The summed E-state index contributed by atoms with van der Waals surface area (Å²) in [5, 5.41) is 15.1. The Bertz CT molecular complexity index is 1440. The highest BCUT2D eigenvalue weighted by atomic mass is 19.1. The molecule has 2 amide bonds. The number of aryl methyl sites for hydroxylation is 2. The molecule has 4 aromatic rings. The number of ether oxygens (including phenoxy) is 1. The monoisotopic (exact) mass is 480 g/mol. The Kier molecular flexibility index (Phi) is 6.76. The van der Waals surface area contributed by atoms with Gasteiger partial charge in [-0.3, -0.25) is 23.7 Å². The molecule has 2 heterocycles. The Labute approximate surface area is 200 Å². The lowest BCUT2D eigenvalue weighted by Gasteiger charge is -2.09. The Hall–Kier alpha value is -4.28. The molecule has 10 nitrogen and oxygen atoms in total. The third kappa shape index (κ3) is 4.84. The van der Waals surface area contributed by atoms with Gasteiger partial charge in [0.1, 0.15) is 18.9 Å². The van der Waals surface area contributed by atoms with E-state index in [-0.39, 0.29) is 25.5 Å². The lowest BCUT2D eigenvalue weighted by atomic mass is 9.98. The molecule has 0 saturated heterocycles. The van der Waals surface area contributed by atoms with E-state index < -0.39 is 17.8 Å². The topological polar surface area (TPSA) is 120 Å². The van der Waals surface area contributed by atoms with Crippen LogP contribution in [0.1, 0.15) is 12.6 Å². The molecule has 4 rings (SSSR count). The van der Waals surface area contributed by atoms with E-state index in [1.165, 1.54) is 13.2 Å². The van der Waals surface area contributed by atoms with Crippen LogP contribution in [0.15, 0.2) is 36.5 Å². The number of halogens is 1.